The van der Waals surface area contributed by atoms with Crippen LogP contribution < -0.4 is 24.8 Å². The quantitative estimate of drug-likeness (QED) is 0.114. The Morgan fingerprint density at radius 1 is 0.959 bits per heavy atom. The van der Waals surface area contributed by atoms with Crippen LogP contribution in [0.4, 0.5) is 28.2 Å². The number of piperazine rings is 2. The number of likely N-dealkylation sites (N-methyl/N-ethyl adjacent to an activating group) is 1. The predicted octanol–water partition coefficient (Wildman–Crippen LogP) is 6.76. The van der Waals surface area contributed by atoms with Gasteiger partial charge in [0.25, 0.3) is 5.91 Å². The highest BCUT2D eigenvalue weighted by Crippen LogP contribution is 2.38. The maximum absolute atomic E-state index is 14.1. The van der Waals surface area contributed by atoms with Crippen molar-refractivity contribution < 1.29 is 19.1 Å². The minimum atomic E-state index is -0.552. The molecule has 0 unspecified atom stereocenters. The van der Waals surface area contributed by atoms with Crippen molar-refractivity contribution in [3.05, 3.63) is 105 Å². The molecule has 8 heterocycles. The van der Waals surface area contributed by atoms with Gasteiger partial charge < -0.3 is 49.2 Å². The third-order valence-corrected chi connectivity index (χ3v) is 15.4. The molecule has 11 rings (SSSR count). The van der Waals surface area contributed by atoms with Crippen LogP contribution in [-0.4, -0.2) is 157 Å². The summed E-state index contributed by atoms with van der Waals surface area (Å²) in [6, 6.07) is 20.7. The molecule has 4 aliphatic heterocycles. The van der Waals surface area contributed by atoms with E-state index in [2.05, 4.69) is 96.1 Å². The number of rotatable bonds is 13. The fraction of sp³-hybridized carbons (Fsp3) is 0.404. The van der Waals surface area contributed by atoms with Crippen LogP contribution in [-0.2, 0) is 29.0 Å². The van der Waals surface area contributed by atoms with Gasteiger partial charge in [0.1, 0.15) is 24.9 Å². The summed E-state index contributed by atoms with van der Waals surface area (Å²) in [5.41, 5.74) is 6.64. The summed E-state index contributed by atoms with van der Waals surface area (Å²) in [5, 5.41) is 20.7. The first-order valence-corrected chi connectivity index (χ1v) is 26.2. The Morgan fingerprint density at radius 3 is 2.59 bits per heavy atom. The SMILES string of the molecule is C=C(COC(=O)N1CCN(c2nc(NCc3nc4ccc(C)cc4[nH]3)n3ncc(Br)c3n2)CC1)C(=O)N1CCN(c2nc(OC[C@@H]3CCCN3C)nc3c2CCN(c2cccc4cccc(Cl)c24)C3)C[C@@H]1CC#N. The minimum absolute atomic E-state index is 0.0903. The van der Waals surface area contributed by atoms with Crippen molar-refractivity contribution in [3.8, 4) is 12.1 Å². The number of hydrogen-bond donors (Lipinski definition) is 2. The average molecular weight is 1080 g/mol. The molecule has 0 aliphatic carbocycles. The second kappa shape index (κ2) is 20.9. The van der Waals surface area contributed by atoms with Crippen molar-refractivity contribution in [2.75, 3.05) is 99.2 Å². The lowest BCUT2D eigenvalue weighted by Crippen LogP contribution is -2.56. The molecule has 20 nitrogen and oxygen atoms in total. The molecule has 0 saturated carbocycles. The Hall–Kier alpha value is -7.28. The van der Waals surface area contributed by atoms with Gasteiger partial charge in [-0.1, -0.05) is 48.5 Å². The van der Waals surface area contributed by atoms with Crippen molar-refractivity contribution in [1.82, 2.24) is 54.2 Å². The van der Waals surface area contributed by atoms with Crippen LogP contribution in [0.25, 0.3) is 27.5 Å². The summed E-state index contributed by atoms with van der Waals surface area (Å²) in [5.74, 6) is 2.12. The number of nitrogens with zero attached hydrogens (tertiary/aromatic N) is 14. The molecule has 22 heteroatoms. The standard InChI is InChI=1S/C52H56BrClN16O4/c1-32-12-13-40-41(25-32)59-44(58-40)27-56-49-63-50(61-47-38(53)26-57-70(47)49)65-19-21-66(22-20-65)52(72)74-30-33(2)48(71)69-24-23-68(28-35(69)14-16-55)46-37-15-18-67(43-11-5-8-34-7-4-10-39(54)45(34)43)29-42(37)60-51(62-46)73-31-36-9-6-17-64(36)3/h4-5,7-8,10-13,25-26,35-36H,2,6,9,14-15,17-24,27-31H2,1,3H3,(H,58,59)(H,56,61,63)/t35-,36-/m0/s1. The number of likely N-dealkylation sites (tertiary alicyclic amines) is 1. The zero-order valence-corrected chi connectivity index (χ0v) is 43.6. The monoisotopic (exact) mass is 1080 g/mol. The fourth-order valence-corrected chi connectivity index (χ4v) is 11.2. The van der Waals surface area contributed by atoms with Crippen LogP contribution in [0.5, 0.6) is 6.01 Å². The van der Waals surface area contributed by atoms with E-state index in [1.54, 1.807) is 20.5 Å². The number of carbonyl (C=O) groups excluding carboxylic acids is 2. The van der Waals surface area contributed by atoms with E-state index in [0.717, 1.165) is 75.3 Å². The van der Waals surface area contributed by atoms with E-state index in [1.165, 1.54) is 0 Å². The van der Waals surface area contributed by atoms with Crippen molar-refractivity contribution in [2.24, 2.45) is 0 Å². The smallest absolute Gasteiger partial charge is 0.410 e. The van der Waals surface area contributed by atoms with E-state index < -0.39 is 12.1 Å². The molecule has 2 amide bonds. The number of benzene rings is 3. The minimum Gasteiger partial charge on any atom is -0.462 e. The normalized spacial score (nSPS) is 18.3. The first-order chi connectivity index (χ1) is 36.0. The number of fused-ring (bicyclic) bond motifs is 4. The van der Waals surface area contributed by atoms with Gasteiger partial charge in [-0.3, -0.25) is 4.79 Å². The molecule has 0 bridgehead atoms. The molecule has 7 aromatic rings. The molecule has 3 saturated heterocycles. The molecule has 2 atom stereocenters. The van der Waals surface area contributed by atoms with Crippen molar-refractivity contribution >= 4 is 90.4 Å². The Bertz CT molecular complexity index is 3330. The molecule has 74 heavy (non-hydrogen) atoms. The number of H-pyrrole nitrogens is 1. The Balaban J connectivity index is 0.725. The van der Waals surface area contributed by atoms with Crippen LogP contribution in [0, 0.1) is 18.3 Å². The van der Waals surface area contributed by atoms with Gasteiger partial charge in [0.2, 0.25) is 11.9 Å². The van der Waals surface area contributed by atoms with Gasteiger partial charge in [-0.15, -0.1) is 0 Å². The molecule has 3 fully saturated rings. The number of aryl methyl sites for hydroxylation is 1. The second-order valence-corrected chi connectivity index (χ2v) is 20.6. The highest BCUT2D eigenvalue weighted by Gasteiger charge is 2.36. The first kappa shape index (κ1) is 49.0. The summed E-state index contributed by atoms with van der Waals surface area (Å²) in [6.07, 6.45) is 4.05. The van der Waals surface area contributed by atoms with E-state index in [1.807, 2.05) is 36.1 Å². The number of aromatic amines is 1. The highest BCUT2D eigenvalue weighted by molar-refractivity contribution is 9.10. The van der Waals surface area contributed by atoms with E-state index in [-0.39, 0.29) is 30.5 Å². The van der Waals surface area contributed by atoms with Crippen molar-refractivity contribution in [1.29, 1.82) is 5.26 Å². The number of aromatic nitrogens is 8. The molecule has 4 aliphatic rings. The molecule has 2 N–H and O–H groups in total. The summed E-state index contributed by atoms with van der Waals surface area (Å²) in [4.78, 5) is 67.5. The van der Waals surface area contributed by atoms with Gasteiger partial charge in [-0.25, -0.2) is 9.78 Å². The van der Waals surface area contributed by atoms with Crippen molar-refractivity contribution in [3.63, 3.8) is 0 Å². The van der Waals surface area contributed by atoms with Crippen LogP contribution in [0.2, 0.25) is 5.02 Å². The number of carbonyl (C=O) groups is 2. The van der Waals surface area contributed by atoms with Crippen LogP contribution in [0.1, 0.15) is 41.9 Å². The van der Waals surface area contributed by atoms with Gasteiger partial charge >= 0.3 is 12.1 Å². The third-order valence-electron chi connectivity index (χ3n) is 14.5. The number of hydrogen-bond acceptors (Lipinski definition) is 16. The first-order valence-electron chi connectivity index (χ1n) is 25.0. The molecule has 3 aromatic carbocycles. The molecule has 4 aromatic heterocycles. The number of nitrogens with one attached hydrogen (secondary N) is 2. The van der Waals surface area contributed by atoms with E-state index in [4.69, 9.17) is 46.0 Å². The zero-order valence-electron chi connectivity index (χ0n) is 41.3. The highest BCUT2D eigenvalue weighted by atomic mass is 79.9. The summed E-state index contributed by atoms with van der Waals surface area (Å²) >= 11 is 10.4. The maximum Gasteiger partial charge on any atom is 0.410 e. The largest absolute Gasteiger partial charge is 0.462 e. The van der Waals surface area contributed by atoms with Gasteiger partial charge in [-0.2, -0.15) is 34.8 Å². The van der Waals surface area contributed by atoms with Crippen LogP contribution in [0.3, 0.4) is 0 Å². The number of ether oxygens (including phenoxy) is 2. The Morgan fingerprint density at radius 2 is 1.78 bits per heavy atom. The lowest BCUT2D eigenvalue weighted by Gasteiger charge is -2.42. The molecule has 382 valence electrons. The molecule has 0 spiro atoms. The summed E-state index contributed by atoms with van der Waals surface area (Å²) < 4.78 is 14.5. The van der Waals surface area contributed by atoms with Crippen LogP contribution in [0.15, 0.2) is 77.4 Å². The lowest BCUT2D eigenvalue weighted by molar-refractivity contribution is -0.130. The van der Waals surface area contributed by atoms with Gasteiger partial charge in [0, 0.05) is 80.6 Å². The molecule has 0 radical (unpaired) electrons. The zero-order chi connectivity index (χ0) is 51.0. The Kier molecular flexibility index (Phi) is 13.8. The number of nitriles is 1. The summed E-state index contributed by atoms with van der Waals surface area (Å²) in [7, 11) is 2.12. The van der Waals surface area contributed by atoms with E-state index in [0.29, 0.717) is 112 Å². The van der Waals surface area contributed by atoms with Crippen molar-refractivity contribution in [2.45, 2.75) is 57.8 Å². The second-order valence-electron chi connectivity index (χ2n) is 19.4. The van der Waals surface area contributed by atoms with E-state index in [9.17, 15) is 14.9 Å². The number of anilines is 4. The number of halogens is 2. The van der Waals surface area contributed by atoms with Gasteiger partial charge in [0.05, 0.1) is 64.0 Å². The van der Waals surface area contributed by atoms with Crippen LogP contribution >= 0.6 is 27.5 Å². The Labute approximate surface area is 441 Å². The average Bonchev–Trinajstić information content (AvgIpc) is 4.15. The molecular weight excluding hydrogens is 1030 g/mol. The molecular formula is C52H56BrClN16O4. The fourth-order valence-electron chi connectivity index (χ4n) is 10.5. The number of imidazole rings is 1. The van der Waals surface area contributed by atoms with Gasteiger partial charge in [-0.05, 0) is 90.9 Å². The predicted molar refractivity (Wildman–Crippen MR) is 286 cm³/mol. The summed E-state index contributed by atoms with van der Waals surface area (Å²) in [6.45, 7) is 11.6. The van der Waals surface area contributed by atoms with E-state index >= 15 is 0 Å². The third kappa shape index (κ3) is 9.92. The lowest BCUT2D eigenvalue weighted by atomic mass is 10.0. The number of amides is 2. The maximum atomic E-state index is 14.1. The van der Waals surface area contributed by atoms with Gasteiger partial charge in [0.15, 0.2) is 5.65 Å². The topological polar surface area (TPSA) is 205 Å².